The van der Waals surface area contributed by atoms with Crippen molar-refractivity contribution in [2.75, 3.05) is 0 Å². The molecule has 2 aromatic rings. The third-order valence-electron chi connectivity index (χ3n) is 3.66. The summed E-state index contributed by atoms with van der Waals surface area (Å²) in [5, 5.41) is 0.398. The van der Waals surface area contributed by atoms with Crippen LogP contribution >= 0.6 is 11.6 Å². The molecule has 4 heteroatoms. The molecule has 0 fully saturated rings. The number of unbranched alkanes of at least 4 members (excludes halogenated alkanes) is 1. The molecule has 0 aliphatic carbocycles. The Balaban J connectivity index is 2.33. The van der Waals surface area contributed by atoms with Gasteiger partial charge in [-0.05, 0) is 31.4 Å². The van der Waals surface area contributed by atoms with Gasteiger partial charge in [0.25, 0.3) is 5.56 Å². The summed E-state index contributed by atoms with van der Waals surface area (Å²) in [5.74, 6) is 1.37. The summed E-state index contributed by atoms with van der Waals surface area (Å²) in [6.07, 6.45) is 3.28. The van der Waals surface area contributed by atoms with Gasteiger partial charge in [0.2, 0.25) is 0 Å². The van der Waals surface area contributed by atoms with Crippen LogP contribution in [0.1, 0.15) is 51.2 Å². The van der Waals surface area contributed by atoms with E-state index in [0.717, 1.165) is 18.4 Å². The molecule has 114 valence electrons. The number of benzene rings is 1. The van der Waals surface area contributed by atoms with Crippen molar-refractivity contribution in [1.82, 2.24) is 9.55 Å². The maximum absolute atomic E-state index is 12.6. The van der Waals surface area contributed by atoms with Crippen molar-refractivity contribution in [2.24, 2.45) is 5.92 Å². The summed E-state index contributed by atoms with van der Waals surface area (Å²) in [5.41, 5.74) is 0.746. The van der Waals surface area contributed by atoms with Gasteiger partial charge in [0.1, 0.15) is 5.82 Å². The fraction of sp³-hybridized carbons (Fsp3) is 0.529. The van der Waals surface area contributed by atoms with Gasteiger partial charge in [0.15, 0.2) is 0 Å². The Kier molecular flexibility index (Phi) is 5.40. The SMILES string of the molecule is CC(C)CCCCn1c(C(C)Cl)nc2ccccc2c1=O. The van der Waals surface area contributed by atoms with Gasteiger partial charge in [-0.1, -0.05) is 38.8 Å². The molecule has 21 heavy (non-hydrogen) atoms. The van der Waals surface area contributed by atoms with E-state index in [1.165, 1.54) is 6.42 Å². The topological polar surface area (TPSA) is 34.9 Å². The minimum absolute atomic E-state index is 0.0210. The fourth-order valence-electron chi connectivity index (χ4n) is 2.53. The zero-order chi connectivity index (χ0) is 15.4. The number of rotatable bonds is 6. The third kappa shape index (κ3) is 3.85. The molecule has 0 amide bonds. The predicted molar refractivity (Wildman–Crippen MR) is 89.0 cm³/mol. The van der Waals surface area contributed by atoms with Crippen molar-refractivity contribution in [2.45, 2.75) is 52.0 Å². The molecule has 0 radical (unpaired) electrons. The number of fused-ring (bicyclic) bond motifs is 1. The van der Waals surface area contributed by atoms with E-state index in [0.29, 0.717) is 23.7 Å². The number of hydrogen-bond acceptors (Lipinski definition) is 2. The Morgan fingerprint density at radius 1 is 1.19 bits per heavy atom. The summed E-state index contributed by atoms with van der Waals surface area (Å²) in [4.78, 5) is 17.2. The molecule has 1 aromatic heterocycles. The second kappa shape index (κ2) is 7.08. The largest absolute Gasteiger partial charge is 0.295 e. The lowest BCUT2D eigenvalue weighted by molar-refractivity contribution is 0.495. The van der Waals surface area contributed by atoms with Crippen molar-refractivity contribution in [3.8, 4) is 0 Å². The summed E-state index contributed by atoms with van der Waals surface area (Å²) in [6, 6.07) is 7.46. The lowest BCUT2D eigenvalue weighted by atomic mass is 10.1. The molecule has 0 bridgehead atoms. The summed E-state index contributed by atoms with van der Waals surface area (Å²) < 4.78 is 1.75. The Bertz CT molecular complexity index is 661. The summed E-state index contributed by atoms with van der Waals surface area (Å²) in [7, 11) is 0. The van der Waals surface area contributed by atoms with E-state index >= 15 is 0 Å². The molecule has 1 heterocycles. The van der Waals surface area contributed by atoms with Gasteiger partial charge in [-0.3, -0.25) is 9.36 Å². The van der Waals surface area contributed by atoms with Gasteiger partial charge in [-0.25, -0.2) is 4.98 Å². The van der Waals surface area contributed by atoms with Crippen LogP contribution in [0.2, 0.25) is 0 Å². The zero-order valence-electron chi connectivity index (χ0n) is 13.0. The van der Waals surface area contributed by atoms with Crippen LogP contribution in [0.15, 0.2) is 29.1 Å². The summed E-state index contributed by atoms with van der Waals surface area (Å²) in [6.45, 7) is 6.99. The van der Waals surface area contributed by atoms with Crippen LogP contribution in [0.5, 0.6) is 0 Å². The molecule has 3 nitrogen and oxygen atoms in total. The standard InChI is InChI=1S/C17H23ClN2O/c1-12(2)8-6-7-11-20-16(13(3)18)19-15-10-5-4-9-14(15)17(20)21/h4-5,9-10,12-13H,6-8,11H2,1-3H3. The lowest BCUT2D eigenvalue weighted by Crippen LogP contribution is -2.26. The number of hydrogen-bond donors (Lipinski definition) is 0. The number of nitrogens with zero attached hydrogens (tertiary/aromatic N) is 2. The van der Waals surface area contributed by atoms with Crippen LogP contribution in [0.4, 0.5) is 0 Å². The van der Waals surface area contributed by atoms with Crippen molar-refractivity contribution < 1.29 is 0 Å². The van der Waals surface area contributed by atoms with E-state index in [2.05, 4.69) is 18.8 Å². The molecule has 0 spiro atoms. The highest BCUT2D eigenvalue weighted by Gasteiger charge is 2.14. The van der Waals surface area contributed by atoms with Crippen molar-refractivity contribution in [3.63, 3.8) is 0 Å². The minimum atomic E-state index is -0.271. The van der Waals surface area contributed by atoms with E-state index < -0.39 is 0 Å². The lowest BCUT2D eigenvalue weighted by Gasteiger charge is -2.15. The first-order valence-corrected chi connectivity index (χ1v) is 8.08. The van der Waals surface area contributed by atoms with Gasteiger partial charge >= 0.3 is 0 Å². The zero-order valence-corrected chi connectivity index (χ0v) is 13.7. The molecule has 1 atom stereocenters. The first-order valence-electron chi connectivity index (χ1n) is 7.64. The molecule has 0 N–H and O–H groups in total. The monoisotopic (exact) mass is 306 g/mol. The molecule has 1 aromatic carbocycles. The molecule has 2 rings (SSSR count). The van der Waals surface area contributed by atoms with Crippen molar-refractivity contribution in [3.05, 3.63) is 40.4 Å². The smallest absolute Gasteiger partial charge is 0.261 e. The normalized spacial score (nSPS) is 13.0. The first-order chi connectivity index (χ1) is 10.0. The van der Waals surface area contributed by atoms with Gasteiger partial charge in [-0.15, -0.1) is 11.6 Å². The average molecular weight is 307 g/mol. The Labute approximate surface area is 131 Å². The van der Waals surface area contributed by atoms with E-state index in [1.807, 2.05) is 31.2 Å². The van der Waals surface area contributed by atoms with Gasteiger partial charge in [-0.2, -0.15) is 0 Å². The van der Waals surface area contributed by atoms with Crippen LogP contribution in [-0.4, -0.2) is 9.55 Å². The number of para-hydroxylation sites is 1. The maximum Gasteiger partial charge on any atom is 0.261 e. The minimum Gasteiger partial charge on any atom is -0.295 e. The van der Waals surface area contributed by atoms with Crippen LogP contribution < -0.4 is 5.56 Å². The summed E-state index contributed by atoms with van der Waals surface area (Å²) >= 11 is 6.22. The van der Waals surface area contributed by atoms with Crippen molar-refractivity contribution in [1.29, 1.82) is 0 Å². The van der Waals surface area contributed by atoms with E-state index in [-0.39, 0.29) is 10.9 Å². The van der Waals surface area contributed by atoms with Crippen LogP contribution in [0.3, 0.4) is 0 Å². The Morgan fingerprint density at radius 3 is 2.57 bits per heavy atom. The predicted octanol–water partition coefficient (Wildman–Crippen LogP) is 4.52. The molecule has 0 aliphatic heterocycles. The van der Waals surface area contributed by atoms with Gasteiger partial charge in [0, 0.05) is 6.54 Å². The second-order valence-corrected chi connectivity index (χ2v) is 6.60. The maximum atomic E-state index is 12.6. The van der Waals surface area contributed by atoms with E-state index in [9.17, 15) is 4.79 Å². The third-order valence-corrected chi connectivity index (χ3v) is 3.86. The van der Waals surface area contributed by atoms with Crippen LogP contribution in [0.25, 0.3) is 10.9 Å². The van der Waals surface area contributed by atoms with E-state index in [1.54, 1.807) is 4.57 Å². The highest BCUT2D eigenvalue weighted by Crippen LogP contribution is 2.19. The second-order valence-electron chi connectivity index (χ2n) is 5.95. The quantitative estimate of drug-likeness (QED) is 0.581. The Morgan fingerprint density at radius 2 is 1.90 bits per heavy atom. The molecule has 1 unspecified atom stereocenters. The average Bonchev–Trinajstić information content (AvgIpc) is 2.44. The molecule has 0 saturated heterocycles. The number of aromatic nitrogens is 2. The van der Waals surface area contributed by atoms with Crippen molar-refractivity contribution >= 4 is 22.5 Å². The van der Waals surface area contributed by atoms with E-state index in [4.69, 9.17) is 11.6 Å². The first kappa shape index (κ1) is 16.0. The number of halogens is 1. The fourth-order valence-corrected chi connectivity index (χ4v) is 2.69. The molecular formula is C17H23ClN2O. The van der Waals surface area contributed by atoms with Crippen LogP contribution in [0, 0.1) is 5.92 Å². The molecule has 0 aliphatic rings. The van der Waals surface area contributed by atoms with Gasteiger partial charge in [0.05, 0.1) is 16.3 Å². The molecule has 0 saturated carbocycles. The highest BCUT2D eigenvalue weighted by atomic mass is 35.5. The molecular weight excluding hydrogens is 284 g/mol. The highest BCUT2D eigenvalue weighted by molar-refractivity contribution is 6.20. The van der Waals surface area contributed by atoms with Crippen LogP contribution in [-0.2, 0) is 6.54 Å². The van der Waals surface area contributed by atoms with Gasteiger partial charge < -0.3 is 0 Å². The number of alkyl halides is 1. The Hall–Kier alpha value is -1.35.